The number of imidazole rings is 1. The lowest BCUT2D eigenvalue weighted by atomic mass is 10.0. The highest BCUT2D eigenvalue weighted by Crippen LogP contribution is 2.17. The summed E-state index contributed by atoms with van der Waals surface area (Å²) in [6.45, 7) is 3.39. The van der Waals surface area contributed by atoms with Gasteiger partial charge in [0.05, 0.1) is 17.4 Å². The average Bonchev–Trinajstić information content (AvgIpc) is 2.80. The summed E-state index contributed by atoms with van der Waals surface area (Å²) in [5.74, 6) is 0. The van der Waals surface area contributed by atoms with Gasteiger partial charge in [0.15, 0.2) is 0 Å². The zero-order chi connectivity index (χ0) is 13.2. The molecule has 5 heteroatoms. The first-order valence-electron chi connectivity index (χ1n) is 7.06. The van der Waals surface area contributed by atoms with E-state index in [2.05, 4.69) is 45.0 Å². The van der Waals surface area contributed by atoms with Gasteiger partial charge in [0.2, 0.25) is 0 Å². The topological polar surface area (TPSA) is 33.1 Å². The molecule has 2 heterocycles. The third-order valence-corrected chi connectivity index (χ3v) is 4.11. The molecule has 1 atom stereocenters. The number of fused-ring (bicyclic) bond motifs is 1. The molecule has 4 nitrogen and oxygen atoms in total. The summed E-state index contributed by atoms with van der Waals surface area (Å²) >= 11 is 0. The van der Waals surface area contributed by atoms with Crippen molar-refractivity contribution in [2.45, 2.75) is 25.4 Å². The second kappa shape index (κ2) is 6.57. The monoisotopic (exact) mass is 294 g/mol. The Bertz CT molecular complexity index is 566. The molecule has 0 saturated carbocycles. The fourth-order valence-electron chi connectivity index (χ4n) is 2.97. The predicted octanol–water partition coefficient (Wildman–Crippen LogP) is 2.18. The van der Waals surface area contributed by atoms with Crippen molar-refractivity contribution < 1.29 is 0 Å². The second-order valence-electron chi connectivity index (χ2n) is 5.54. The third kappa shape index (κ3) is 3.14. The molecule has 1 aromatic heterocycles. The molecule has 1 aliphatic heterocycles. The molecule has 1 N–H and O–H groups in total. The maximum Gasteiger partial charge on any atom is 0.0955 e. The number of piperidine rings is 1. The van der Waals surface area contributed by atoms with Crippen molar-refractivity contribution in [3.8, 4) is 0 Å². The van der Waals surface area contributed by atoms with E-state index in [1.54, 1.807) is 0 Å². The van der Waals surface area contributed by atoms with Gasteiger partial charge >= 0.3 is 0 Å². The van der Waals surface area contributed by atoms with Gasteiger partial charge in [-0.15, -0.1) is 12.4 Å². The maximum atomic E-state index is 4.44. The summed E-state index contributed by atoms with van der Waals surface area (Å²) in [6, 6.07) is 7.27. The van der Waals surface area contributed by atoms with Crippen molar-refractivity contribution in [1.82, 2.24) is 19.8 Å². The van der Waals surface area contributed by atoms with Crippen molar-refractivity contribution in [3.63, 3.8) is 0 Å². The molecule has 0 amide bonds. The van der Waals surface area contributed by atoms with Crippen LogP contribution in [0.15, 0.2) is 24.5 Å². The summed E-state index contributed by atoms with van der Waals surface area (Å²) in [4.78, 5) is 6.97. The Kier molecular flexibility index (Phi) is 5.02. The number of aromatic nitrogens is 2. The molecule has 20 heavy (non-hydrogen) atoms. The quantitative estimate of drug-likeness (QED) is 0.942. The Hall–Kier alpha value is -1.10. The molecule has 110 valence electrons. The minimum Gasteiger partial charge on any atom is -0.334 e. The molecular formula is C15H23ClN4. The number of hydrogen-bond donors (Lipinski definition) is 1. The number of nitrogens with zero attached hydrogens (tertiary/aromatic N) is 3. The van der Waals surface area contributed by atoms with Crippen LogP contribution in [0.2, 0.25) is 0 Å². The highest BCUT2D eigenvalue weighted by molar-refractivity contribution is 5.85. The molecule has 1 unspecified atom stereocenters. The molecule has 0 radical (unpaired) electrons. The largest absolute Gasteiger partial charge is 0.334 e. The van der Waals surface area contributed by atoms with Crippen LogP contribution in [0.4, 0.5) is 0 Å². The minimum absolute atomic E-state index is 0. The molecule has 3 rings (SSSR count). The summed E-state index contributed by atoms with van der Waals surface area (Å²) in [5, 5.41) is 3.40. The molecule has 0 spiro atoms. The van der Waals surface area contributed by atoms with E-state index in [1.165, 1.54) is 30.5 Å². The molecule has 1 aliphatic rings. The maximum absolute atomic E-state index is 4.44. The van der Waals surface area contributed by atoms with Crippen molar-refractivity contribution in [3.05, 3.63) is 30.1 Å². The van der Waals surface area contributed by atoms with E-state index in [1.807, 2.05) is 13.4 Å². The average molecular weight is 295 g/mol. The van der Waals surface area contributed by atoms with Gasteiger partial charge in [-0.3, -0.25) is 4.90 Å². The van der Waals surface area contributed by atoms with E-state index < -0.39 is 0 Å². The highest BCUT2D eigenvalue weighted by Gasteiger charge is 2.18. The number of nitrogens with one attached hydrogen (secondary N) is 1. The van der Waals surface area contributed by atoms with Gasteiger partial charge in [-0.2, -0.15) is 0 Å². The number of likely N-dealkylation sites (N-methyl/N-ethyl adjacent to an activating group) is 1. The summed E-state index contributed by atoms with van der Waals surface area (Å²) in [5.41, 5.74) is 3.67. The Morgan fingerprint density at radius 1 is 1.40 bits per heavy atom. The lowest BCUT2D eigenvalue weighted by molar-refractivity contribution is 0.188. The van der Waals surface area contributed by atoms with Gasteiger partial charge in [-0.1, -0.05) is 6.07 Å². The summed E-state index contributed by atoms with van der Waals surface area (Å²) in [6.07, 6.45) is 4.47. The Labute approximate surface area is 126 Å². The molecule has 0 bridgehead atoms. The normalized spacial score (nSPS) is 20.0. The third-order valence-electron chi connectivity index (χ3n) is 4.11. The van der Waals surface area contributed by atoms with Crippen LogP contribution in [-0.4, -0.2) is 40.6 Å². The van der Waals surface area contributed by atoms with Crippen LogP contribution < -0.4 is 5.32 Å². The molecule has 1 fully saturated rings. The van der Waals surface area contributed by atoms with Crippen molar-refractivity contribution in [1.29, 1.82) is 0 Å². The predicted molar refractivity (Wildman–Crippen MR) is 85.3 cm³/mol. The van der Waals surface area contributed by atoms with Crippen LogP contribution in [-0.2, 0) is 13.6 Å². The molecule has 1 saturated heterocycles. The van der Waals surface area contributed by atoms with E-state index in [0.717, 1.165) is 18.6 Å². The summed E-state index contributed by atoms with van der Waals surface area (Å²) in [7, 11) is 4.10. The summed E-state index contributed by atoms with van der Waals surface area (Å²) < 4.78 is 2.07. The molecule has 0 aliphatic carbocycles. The van der Waals surface area contributed by atoms with E-state index in [4.69, 9.17) is 0 Å². The molecule has 2 aromatic rings. The lowest BCUT2D eigenvalue weighted by Gasteiger charge is -2.32. The van der Waals surface area contributed by atoms with Gasteiger partial charge in [0, 0.05) is 26.2 Å². The van der Waals surface area contributed by atoms with Gasteiger partial charge in [-0.25, -0.2) is 4.98 Å². The number of benzene rings is 1. The van der Waals surface area contributed by atoms with Crippen LogP contribution in [0.5, 0.6) is 0 Å². The standard InChI is InChI=1S/C15H22N4.ClH/c1-16-13-4-3-7-19(10-13)9-12-5-6-15-14(8-12)17-11-18(15)2;/h5-6,8,11,13,16H,3-4,7,9-10H2,1-2H3;1H. The van der Waals surface area contributed by atoms with Crippen molar-refractivity contribution >= 4 is 23.4 Å². The van der Waals surface area contributed by atoms with E-state index in [0.29, 0.717) is 6.04 Å². The fourth-order valence-corrected chi connectivity index (χ4v) is 2.97. The number of likely N-dealkylation sites (tertiary alicyclic amines) is 1. The van der Waals surface area contributed by atoms with E-state index in [-0.39, 0.29) is 12.4 Å². The van der Waals surface area contributed by atoms with Crippen LogP contribution >= 0.6 is 12.4 Å². The van der Waals surface area contributed by atoms with Crippen molar-refractivity contribution in [2.75, 3.05) is 20.1 Å². The second-order valence-corrected chi connectivity index (χ2v) is 5.54. The molecule has 1 aromatic carbocycles. The number of rotatable bonds is 3. The van der Waals surface area contributed by atoms with Gasteiger partial charge in [0.25, 0.3) is 0 Å². The van der Waals surface area contributed by atoms with Crippen LogP contribution in [0, 0.1) is 0 Å². The first-order valence-corrected chi connectivity index (χ1v) is 7.06. The first-order chi connectivity index (χ1) is 9.26. The lowest BCUT2D eigenvalue weighted by Crippen LogP contribution is -2.43. The van der Waals surface area contributed by atoms with Gasteiger partial charge in [0.1, 0.15) is 0 Å². The van der Waals surface area contributed by atoms with Crippen LogP contribution in [0.3, 0.4) is 0 Å². The highest BCUT2D eigenvalue weighted by atomic mass is 35.5. The van der Waals surface area contributed by atoms with Crippen LogP contribution in [0.1, 0.15) is 18.4 Å². The Morgan fingerprint density at radius 2 is 2.25 bits per heavy atom. The van der Waals surface area contributed by atoms with Crippen molar-refractivity contribution in [2.24, 2.45) is 7.05 Å². The Morgan fingerprint density at radius 3 is 3.05 bits per heavy atom. The number of hydrogen-bond acceptors (Lipinski definition) is 3. The van der Waals surface area contributed by atoms with Gasteiger partial charge < -0.3 is 9.88 Å². The minimum atomic E-state index is 0. The van der Waals surface area contributed by atoms with E-state index >= 15 is 0 Å². The zero-order valence-corrected chi connectivity index (χ0v) is 13.0. The first kappa shape index (κ1) is 15.3. The smallest absolute Gasteiger partial charge is 0.0955 e. The zero-order valence-electron chi connectivity index (χ0n) is 12.2. The van der Waals surface area contributed by atoms with E-state index in [9.17, 15) is 0 Å². The Balaban J connectivity index is 0.00000147. The fraction of sp³-hybridized carbons (Fsp3) is 0.533. The number of halogens is 1. The SMILES string of the molecule is CNC1CCCN(Cc2ccc3c(c2)ncn3C)C1.Cl. The van der Waals surface area contributed by atoms with Gasteiger partial charge in [-0.05, 0) is 44.1 Å². The van der Waals surface area contributed by atoms with Crippen LogP contribution in [0.25, 0.3) is 11.0 Å². The number of aryl methyl sites for hydroxylation is 1. The molecular weight excluding hydrogens is 272 g/mol.